The molecule has 2 aromatic heterocycles. The zero-order valence-corrected chi connectivity index (χ0v) is 24.8. The first-order valence-electron chi connectivity index (χ1n) is 15.4. The van der Waals surface area contributed by atoms with Gasteiger partial charge in [0.05, 0.1) is 5.52 Å². The molecule has 5 nitrogen and oxygen atoms in total. The number of nitrogens with zero attached hydrogens (tertiary/aromatic N) is 4. The fourth-order valence-corrected chi connectivity index (χ4v) is 7.29. The summed E-state index contributed by atoms with van der Waals surface area (Å²) in [5.74, 6) is 0.650. The fourth-order valence-electron chi connectivity index (χ4n) is 7.11. The number of amides is 1. The van der Waals surface area contributed by atoms with E-state index in [0.29, 0.717) is 18.2 Å². The summed E-state index contributed by atoms with van der Waals surface area (Å²) in [6, 6.07) is 17.2. The van der Waals surface area contributed by atoms with E-state index in [0.717, 1.165) is 67.4 Å². The van der Waals surface area contributed by atoms with Crippen LogP contribution in [-0.2, 0) is 11.2 Å². The van der Waals surface area contributed by atoms with E-state index in [2.05, 4.69) is 56.2 Å². The van der Waals surface area contributed by atoms with Crippen molar-refractivity contribution in [2.45, 2.75) is 51.0 Å². The maximum absolute atomic E-state index is 13.4. The molecule has 0 radical (unpaired) electrons. The Balaban J connectivity index is 0.000000243. The van der Waals surface area contributed by atoms with E-state index in [1.54, 1.807) is 12.4 Å². The molecule has 2 fully saturated rings. The first kappa shape index (κ1) is 27.3. The molecule has 214 valence electrons. The van der Waals surface area contributed by atoms with Gasteiger partial charge >= 0.3 is 0 Å². The third-order valence-electron chi connectivity index (χ3n) is 9.62. The normalized spacial score (nSPS) is 20.5. The van der Waals surface area contributed by atoms with Gasteiger partial charge in [-0.2, -0.15) is 0 Å². The lowest BCUT2D eigenvalue weighted by molar-refractivity contribution is -0.134. The molecule has 1 unspecified atom stereocenters. The van der Waals surface area contributed by atoms with Crippen molar-refractivity contribution in [2.24, 2.45) is 5.92 Å². The number of pyridine rings is 2. The molecule has 42 heavy (non-hydrogen) atoms. The van der Waals surface area contributed by atoms with Crippen LogP contribution >= 0.6 is 11.6 Å². The lowest BCUT2D eigenvalue weighted by Crippen LogP contribution is -2.53. The lowest BCUT2D eigenvalue weighted by Gasteiger charge is -2.43. The molecule has 8 rings (SSSR count). The third kappa shape index (κ3) is 5.48. The highest BCUT2D eigenvalue weighted by atomic mass is 35.5. The van der Waals surface area contributed by atoms with Crippen molar-refractivity contribution >= 4 is 44.8 Å². The fraction of sp³-hybridized carbons (Fsp3) is 0.361. The van der Waals surface area contributed by atoms with Crippen LogP contribution in [0.15, 0.2) is 84.8 Å². The van der Waals surface area contributed by atoms with Crippen LogP contribution in [0.2, 0.25) is 5.02 Å². The predicted molar refractivity (Wildman–Crippen MR) is 171 cm³/mol. The predicted octanol–water partition coefficient (Wildman–Crippen LogP) is 7.49. The number of benzene rings is 2. The van der Waals surface area contributed by atoms with E-state index in [4.69, 9.17) is 11.6 Å². The molecule has 4 aromatic rings. The number of carbonyl (C=O) groups is 1. The average Bonchev–Trinajstić information content (AvgIpc) is 3.01. The smallest absolute Gasteiger partial charge is 0.223 e. The first-order valence-corrected chi connectivity index (χ1v) is 15.8. The van der Waals surface area contributed by atoms with Gasteiger partial charge in [0.25, 0.3) is 0 Å². The molecule has 0 spiro atoms. The van der Waals surface area contributed by atoms with Gasteiger partial charge < -0.3 is 4.90 Å². The minimum Gasteiger partial charge on any atom is -0.340 e. The van der Waals surface area contributed by atoms with Crippen molar-refractivity contribution in [1.29, 1.82) is 0 Å². The van der Waals surface area contributed by atoms with Gasteiger partial charge in [0.1, 0.15) is 0 Å². The van der Waals surface area contributed by atoms with Crippen LogP contribution in [0.5, 0.6) is 0 Å². The van der Waals surface area contributed by atoms with Gasteiger partial charge in [-0.15, -0.1) is 0 Å². The van der Waals surface area contributed by atoms with Crippen molar-refractivity contribution in [3.8, 4) is 0 Å². The van der Waals surface area contributed by atoms with E-state index in [-0.39, 0.29) is 0 Å². The van der Waals surface area contributed by atoms with Crippen LogP contribution in [0.3, 0.4) is 0 Å². The Kier molecular flexibility index (Phi) is 7.79. The highest BCUT2D eigenvalue weighted by molar-refractivity contribution is 6.31. The third-order valence-corrected chi connectivity index (χ3v) is 9.86. The van der Waals surface area contributed by atoms with Crippen LogP contribution in [-0.4, -0.2) is 57.9 Å². The molecule has 3 aliphatic carbocycles. The molecule has 1 amide bonds. The molecular weight excluding hydrogens is 540 g/mol. The van der Waals surface area contributed by atoms with Crippen molar-refractivity contribution in [3.05, 3.63) is 101 Å². The van der Waals surface area contributed by atoms with Gasteiger partial charge in [-0.25, -0.2) is 0 Å². The van der Waals surface area contributed by atoms with Crippen LogP contribution in [0, 0.1) is 5.92 Å². The molecule has 6 heteroatoms. The number of fused-ring (bicyclic) bond motifs is 5. The summed E-state index contributed by atoms with van der Waals surface area (Å²) in [5, 5.41) is 4.34. The number of hydrogen-bond acceptors (Lipinski definition) is 4. The number of hydrogen-bond donors (Lipinski definition) is 0. The van der Waals surface area contributed by atoms with Gasteiger partial charge in [0, 0.05) is 67.6 Å². The summed E-state index contributed by atoms with van der Waals surface area (Å²) in [6.45, 7) is 3.88. The number of rotatable bonds is 3. The summed E-state index contributed by atoms with van der Waals surface area (Å²) in [6.07, 6.45) is 17.7. The van der Waals surface area contributed by atoms with Gasteiger partial charge in [0.2, 0.25) is 5.91 Å². The zero-order chi connectivity index (χ0) is 28.5. The minimum absolute atomic E-state index is 0.306. The number of halogens is 1. The molecular formula is C36H37ClN4O. The SMILES string of the molecule is O=C(CC1Cc2c(ccc3cc(Cl)ccc23)C2=C1CCC=C2)N1CCN(C2CCC2)CC1.c1cnc2ccncc2c1. The summed E-state index contributed by atoms with van der Waals surface area (Å²) in [4.78, 5) is 26.2. The number of carbonyl (C=O) groups excluding carboxylic acids is 1. The Morgan fingerprint density at radius 1 is 0.976 bits per heavy atom. The van der Waals surface area contributed by atoms with E-state index in [9.17, 15) is 4.79 Å². The second kappa shape index (κ2) is 12.0. The standard InChI is InChI=1S/C28H31ClN2O.C8H6N2/c29-21-9-11-24-19(16-21)8-10-26-25-7-2-1-6-23(25)20(17-27(24)26)18-28(32)31-14-12-30(13-15-31)22-4-3-5-22;1-2-7-6-9-5-3-8(7)10-4-1/h2,7-11,16,20,22H,1,3-6,12-15,17-18H2;1-6H. The van der Waals surface area contributed by atoms with Crippen molar-refractivity contribution in [3.63, 3.8) is 0 Å². The number of aromatic nitrogens is 2. The molecule has 4 aliphatic rings. The van der Waals surface area contributed by atoms with E-state index >= 15 is 0 Å². The van der Waals surface area contributed by atoms with Crippen molar-refractivity contribution in [1.82, 2.24) is 19.8 Å². The highest BCUT2D eigenvalue weighted by Gasteiger charge is 2.33. The van der Waals surface area contributed by atoms with Gasteiger partial charge in [-0.1, -0.05) is 53.9 Å². The molecule has 1 atom stereocenters. The molecule has 1 saturated carbocycles. The Bertz CT molecular complexity index is 1620. The van der Waals surface area contributed by atoms with Gasteiger partial charge in [-0.3, -0.25) is 19.7 Å². The maximum atomic E-state index is 13.4. The van der Waals surface area contributed by atoms with Crippen LogP contribution in [0.25, 0.3) is 27.2 Å². The largest absolute Gasteiger partial charge is 0.340 e. The average molecular weight is 577 g/mol. The second-order valence-corrected chi connectivity index (χ2v) is 12.5. The number of piperazine rings is 1. The molecule has 2 aromatic carbocycles. The van der Waals surface area contributed by atoms with Gasteiger partial charge in [0.15, 0.2) is 0 Å². The van der Waals surface area contributed by atoms with Crippen molar-refractivity contribution < 1.29 is 4.79 Å². The van der Waals surface area contributed by atoms with Crippen LogP contribution in [0.4, 0.5) is 0 Å². The topological polar surface area (TPSA) is 49.3 Å². The summed E-state index contributed by atoms with van der Waals surface area (Å²) in [5.41, 5.74) is 6.59. The Morgan fingerprint density at radius 2 is 1.86 bits per heavy atom. The summed E-state index contributed by atoms with van der Waals surface area (Å²) < 4.78 is 0. The van der Waals surface area contributed by atoms with E-state index < -0.39 is 0 Å². The Labute approximate surface area is 252 Å². The zero-order valence-electron chi connectivity index (χ0n) is 24.0. The molecule has 0 N–H and O–H groups in total. The van der Waals surface area contributed by atoms with E-state index in [1.807, 2.05) is 30.5 Å². The quantitative estimate of drug-likeness (QED) is 0.254. The first-order chi connectivity index (χ1) is 20.6. The van der Waals surface area contributed by atoms with Gasteiger partial charge in [-0.05, 0) is 95.8 Å². The van der Waals surface area contributed by atoms with E-state index in [1.165, 1.54) is 52.3 Å². The Hall–Kier alpha value is -3.54. The van der Waals surface area contributed by atoms with Crippen molar-refractivity contribution in [2.75, 3.05) is 26.2 Å². The summed E-state index contributed by atoms with van der Waals surface area (Å²) in [7, 11) is 0. The molecule has 1 aliphatic heterocycles. The van der Waals surface area contributed by atoms with Crippen LogP contribution < -0.4 is 0 Å². The number of allylic oxidation sites excluding steroid dienone is 4. The monoisotopic (exact) mass is 576 g/mol. The molecule has 1 saturated heterocycles. The molecule has 3 heterocycles. The highest BCUT2D eigenvalue weighted by Crippen LogP contribution is 2.44. The second-order valence-electron chi connectivity index (χ2n) is 12.0. The maximum Gasteiger partial charge on any atom is 0.223 e. The minimum atomic E-state index is 0.306. The Morgan fingerprint density at radius 3 is 2.67 bits per heavy atom. The molecule has 0 bridgehead atoms. The summed E-state index contributed by atoms with van der Waals surface area (Å²) >= 11 is 6.26. The van der Waals surface area contributed by atoms with Crippen LogP contribution in [0.1, 0.15) is 49.7 Å². The lowest BCUT2D eigenvalue weighted by atomic mass is 9.72.